The second-order valence-electron chi connectivity index (χ2n) is 3.35. The number of anilines is 1. The molecule has 1 aromatic heterocycles. The zero-order chi connectivity index (χ0) is 10.8. The van der Waals surface area contributed by atoms with E-state index in [0.717, 1.165) is 16.1 Å². The molecule has 0 bridgehead atoms. The first-order valence-corrected chi connectivity index (χ1v) is 5.49. The third-order valence-electron chi connectivity index (χ3n) is 2.30. The van der Waals surface area contributed by atoms with Crippen molar-refractivity contribution in [2.75, 3.05) is 12.4 Å². The number of imidazole rings is 1. The van der Waals surface area contributed by atoms with Gasteiger partial charge in [0.1, 0.15) is 0 Å². The van der Waals surface area contributed by atoms with Gasteiger partial charge in [-0.1, -0.05) is 22.0 Å². The first-order valence-electron chi connectivity index (χ1n) is 4.70. The molecular weight excluding hydrogens is 254 g/mol. The summed E-state index contributed by atoms with van der Waals surface area (Å²) in [5.74, 6) is 0.782. The van der Waals surface area contributed by atoms with Crippen molar-refractivity contribution < 1.29 is 0 Å². The summed E-state index contributed by atoms with van der Waals surface area (Å²) in [7, 11) is 1.84. The summed E-state index contributed by atoms with van der Waals surface area (Å²) >= 11 is 3.47. The second-order valence-corrected chi connectivity index (χ2v) is 4.27. The molecule has 0 unspecified atom stereocenters. The average Bonchev–Trinajstić information content (AvgIpc) is 2.70. The molecule has 0 fully saturated rings. The van der Waals surface area contributed by atoms with Crippen LogP contribution >= 0.6 is 15.9 Å². The van der Waals surface area contributed by atoms with Gasteiger partial charge in [-0.15, -0.1) is 0 Å². The predicted molar refractivity (Wildman–Crippen MR) is 66.0 cm³/mol. The molecule has 2 rings (SSSR count). The van der Waals surface area contributed by atoms with Crippen LogP contribution in [0.25, 0.3) is 11.3 Å². The second kappa shape index (κ2) is 4.06. The lowest BCUT2D eigenvalue weighted by Gasteiger charge is -2.03. The van der Waals surface area contributed by atoms with Crippen LogP contribution < -0.4 is 5.32 Å². The van der Waals surface area contributed by atoms with Gasteiger partial charge < -0.3 is 10.3 Å². The molecule has 15 heavy (non-hydrogen) atoms. The Morgan fingerprint density at radius 2 is 2.20 bits per heavy atom. The van der Waals surface area contributed by atoms with Crippen molar-refractivity contribution in [3.05, 3.63) is 34.4 Å². The molecule has 0 amide bonds. The van der Waals surface area contributed by atoms with E-state index < -0.39 is 0 Å². The summed E-state index contributed by atoms with van der Waals surface area (Å²) in [5.41, 5.74) is 3.42. The van der Waals surface area contributed by atoms with Crippen LogP contribution in [0.15, 0.2) is 28.9 Å². The summed E-state index contributed by atoms with van der Waals surface area (Å²) < 4.78 is 1.07. The SMILES string of the molecule is CNc1ncc(-c2cc(Br)ccc2C)[nH]1. The minimum atomic E-state index is 0.782. The molecule has 1 heterocycles. The number of benzene rings is 1. The highest BCUT2D eigenvalue weighted by Gasteiger charge is 2.05. The van der Waals surface area contributed by atoms with Crippen LogP contribution in [-0.4, -0.2) is 17.0 Å². The molecule has 0 saturated carbocycles. The quantitative estimate of drug-likeness (QED) is 0.876. The van der Waals surface area contributed by atoms with E-state index in [1.54, 1.807) is 0 Å². The van der Waals surface area contributed by atoms with E-state index in [2.05, 4.69) is 50.3 Å². The maximum atomic E-state index is 4.20. The van der Waals surface area contributed by atoms with Gasteiger partial charge in [0.2, 0.25) is 0 Å². The number of hydrogen-bond acceptors (Lipinski definition) is 2. The van der Waals surface area contributed by atoms with Crippen molar-refractivity contribution in [1.82, 2.24) is 9.97 Å². The van der Waals surface area contributed by atoms with E-state index in [1.165, 1.54) is 11.1 Å². The number of aromatic nitrogens is 2. The summed E-state index contributed by atoms with van der Waals surface area (Å²) in [6, 6.07) is 6.20. The molecule has 0 aliphatic heterocycles. The maximum absolute atomic E-state index is 4.20. The molecule has 1 aromatic carbocycles. The molecular formula is C11H12BrN3. The van der Waals surface area contributed by atoms with Gasteiger partial charge in [-0.25, -0.2) is 4.98 Å². The molecule has 3 nitrogen and oxygen atoms in total. The Morgan fingerprint density at radius 3 is 2.87 bits per heavy atom. The lowest BCUT2D eigenvalue weighted by molar-refractivity contribution is 1.26. The average molecular weight is 266 g/mol. The van der Waals surface area contributed by atoms with Crippen LogP contribution in [0.2, 0.25) is 0 Å². The number of aromatic amines is 1. The summed E-state index contributed by atoms with van der Waals surface area (Å²) in [4.78, 5) is 7.40. The first kappa shape index (κ1) is 10.2. The van der Waals surface area contributed by atoms with Gasteiger partial charge >= 0.3 is 0 Å². The Morgan fingerprint density at radius 1 is 1.40 bits per heavy atom. The third kappa shape index (κ3) is 2.04. The molecule has 78 valence electrons. The van der Waals surface area contributed by atoms with Crippen molar-refractivity contribution in [3.63, 3.8) is 0 Å². The minimum absolute atomic E-state index is 0.782. The Hall–Kier alpha value is -1.29. The lowest BCUT2D eigenvalue weighted by atomic mass is 10.1. The fourth-order valence-corrected chi connectivity index (χ4v) is 1.83. The lowest BCUT2D eigenvalue weighted by Crippen LogP contribution is -1.89. The molecule has 2 aromatic rings. The molecule has 0 radical (unpaired) electrons. The third-order valence-corrected chi connectivity index (χ3v) is 2.80. The van der Waals surface area contributed by atoms with E-state index >= 15 is 0 Å². The number of halogens is 1. The van der Waals surface area contributed by atoms with Crippen molar-refractivity contribution >= 4 is 21.9 Å². The summed E-state index contributed by atoms with van der Waals surface area (Å²) in [6.45, 7) is 2.08. The van der Waals surface area contributed by atoms with Gasteiger partial charge in [0.25, 0.3) is 0 Å². The van der Waals surface area contributed by atoms with Crippen LogP contribution in [-0.2, 0) is 0 Å². The molecule has 0 atom stereocenters. The number of rotatable bonds is 2. The van der Waals surface area contributed by atoms with Gasteiger partial charge in [-0.2, -0.15) is 0 Å². The first-order chi connectivity index (χ1) is 7.20. The van der Waals surface area contributed by atoms with Crippen LogP contribution in [0.1, 0.15) is 5.56 Å². The topological polar surface area (TPSA) is 40.7 Å². The Kier molecular flexibility index (Phi) is 2.77. The fraction of sp³-hybridized carbons (Fsp3) is 0.182. The Balaban J connectivity index is 2.48. The number of nitrogens with one attached hydrogen (secondary N) is 2. The normalized spacial score (nSPS) is 10.3. The summed E-state index contributed by atoms with van der Waals surface area (Å²) in [6.07, 6.45) is 1.83. The molecule has 4 heteroatoms. The van der Waals surface area contributed by atoms with E-state index in [0.29, 0.717) is 0 Å². The molecule has 0 aliphatic carbocycles. The monoisotopic (exact) mass is 265 g/mol. The number of H-pyrrole nitrogens is 1. The molecule has 0 spiro atoms. The predicted octanol–water partition coefficient (Wildman–Crippen LogP) is 3.19. The largest absolute Gasteiger partial charge is 0.359 e. The number of hydrogen-bond donors (Lipinski definition) is 2. The van der Waals surface area contributed by atoms with Gasteiger partial charge in [0.05, 0.1) is 11.9 Å². The minimum Gasteiger partial charge on any atom is -0.359 e. The highest BCUT2D eigenvalue weighted by atomic mass is 79.9. The van der Waals surface area contributed by atoms with E-state index in [-0.39, 0.29) is 0 Å². The van der Waals surface area contributed by atoms with E-state index in [1.807, 2.05) is 19.3 Å². The standard InChI is InChI=1S/C11H12BrN3/c1-7-3-4-8(12)5-9(7)10-6-14-11(13-2)15-10/h3-6H,1-2H3,(H2,13,14,15). The van der Waals surface area contributed by atoms with Gasteiger partial charge in [0, 0.05) is 17.1 Å². The number of nitrogens with zero attached hydrogens (tertiary/aromatic N) is 1. The smallest absolute Gasteiger partial charge is 0.200 e. The van der Waals surface area contributed by atoms with Gasteiger partial charge in [-0.3, -0.25) is 0 Å². The zero-order valence-corrected chi connectivity index (χ0v) is 10.2. The highest BCUT2D eigenvalue weighted by molar-refractivity contribution is 9.10. The van der Waals surface area contributed by atoms with Crippen LogP contribution in [0.3, 0.4) is 0 Å². The summed E-state index contributed by atoms with van der Waals surface area (Å²) in [5, 5.41) is 2.97. The van der Waals surface area contributed by atoms with Crippen LogP contribution in [0.5, 0.6) is 0 Å². The molecule has 0 saturated heterocycles. The maximum Gasteiger partial charge on any atom is 0.200 e. The van der Waals surface area contributed by atoms with Crippen molar-refractivity contribution in [1.29, 1.82) is 0 Å². The zero-order valence-electron chi connectivity index (χ0n) is 8.63. The Bertz CT molecular complexity index is 476. The van der Waals surface area contributed by atoms with E-state index in [9.17, 15) is 0 Å². The van der Waals surface area contributed by atoms with Crippen molar-refractivity contribution in [2.45, 2.75) is 6.92 Å². The fourth-order valence-electron chi connectivity index (χ4n) is 1.47. The Labute approximate surface area is 97.1 Å². The van der Waals surface area contributed by atoms with Gasteiger partial charge in [-0.05, 0) is 24.6 Å². The van der Waals surface area contributed by atoms with Crippen LogP contribution in [0.4, 0.5) is 5.95 Å². The van der Waals surface area contributed by atoms with E-state index in [4.69, 9.17) is 0 Å². The molecule has 0 aliphatic rings. The van der Waals surface area contributed by atoms with Crippen LogP contribution in [0, 0.1) is 6.92 Å². The highest BCUT2D eigenvalue weighted by Crippen LogP contribution is 2.25. The molecule has 2 N–H and O–H groups in total. The van der Waals surface area contributed by atoms with Crippen molar-refractivity contribution in [2.24, 2.45) is 0 Å². The van der Waals surface area contributed by atoms with Crippen molar-refractivity contribution in [3.8, 4) is 11.3 Å². The number of aryl methyl sites for hydroxylation is 1. The van der Waals surface area contributed by atoms with Gasteiger partial charge in [0.15, 0.2) is 5.95 Å².